The third-order valence-corrected chi connectivity index (χ3v) is 5.88. The lowest BCUT2D eigenvalue weighted by Gasteiger charge is -2.26. The van der Waals surface area contributed by atoms with Crippen molar-refractivity contribution in [3.8, 4) is 0 Å². The second kappa shape index (κ2) is 12.0. The van der Waals surface area contributed by atoms with Crippen LogP contribution >= 0.6 is 0 Å². The fraction of sp³-hybridized carbons (Fsp3) is 0.840. The number of alkyl carbamates (subject to hydrolysis) is 1. The van der Waals surface area contributed by atoms with E-state index in [0.717, 1.165) is 32.1 Å². The Bertz CT molecular complexity index is 790. The maximum absolute atomic E-state index is 12.9. The molecule has 0 spiro atoms. The monoisotopic (exact) mass is 480 g/mol. The van der Waals surface area contributed by atoms with Gasteiger partial charge in [-0.2, -0.15) is 0 Å². The Balaban J connectivity index is 2.22. The Labute approximate surface area is 204 Å². The van der Waals surface area contributed by atoms with E-state index >= 15 is 0 Å². The average molecular weight is 481 g/mol. The predicted octanol–water partition coefficient (Wildman–Crippen LogP) is 5.23. The standard InChI is InChI=1S/C25H44N4O5/c1-9-16(2)19(27-23(31)34-25(6,7)8)22-29-28-21(33-22)18(15-32-24(3,4)5)26-20(30)17-13-11-10-12-14-17/h16-19H,9-15H2,1-8H3,(H,26,30)(H,27,31)/t16-,18-,19-/m0/s1. The first-order chi connectivity index (χ1) is 15.8. The Kier molecular flexibility index (Phi) is 9.91. The summed E-state index contributed by atoms with van der Waals surface area (Å²) in [6, 6.07) is -1.09. The first-order valence-corrected chi connectivity index (χ1v) is 12.6. The molecule has 1 heterocycles. The van der Waals surface area contributed by atoms with Crippen LogP contribution in [0.5, 0.6) is 0 Å². The van der Waals surface area contributed by atoms with Gasteiger partial charge in [0.25, 0.3) is 0 Å². The van der Waals surface area contributed by atoms with Gasteiger partial charge in [-0.3, -0.25) is 4.79 Å². The van der Waals surface area contributed by atoms with E-state index in [2.05, 4.69) is 20.8 Å². The fourth-order valence-corrected chi connectivity index (χ4v) is 3.79. The highest BCUT2D eigenvalue weighted by atomic mass is 16.6. The minimum Gasteiger partial charge on any atom is -0.444 e. The Morgan fingerprint density at radius 3 is 2.18 bits per heavy atom. The third-order valence-electron chi connectivity index (χ3n) is 5.88. The van der Waals surface area contributed by atoms with Crippen molar-refractivity contribution in [1.29, 1.82) is 0 Å². The van der Waals surface area contributed by atoms with Crippen LogP contribution in [0.2, 0.25) is 0 Å². The molecule has 1 fully saturated rings. The molecule has 2 rings (SSSR count). The van der Waals surface area contributed by atoms with E-state index < -0.39 is 29.4 Å². The van der Waals surface area contributed by atoms with E-state index in [-0.39, 0.29) is 36.1 Å². The van der Waals surface area contributed by atoms with Gasteiger partial charge in [0, 0.05) is 5.92 Å². The topological polar surface area (TPSA) is 116 Å². The van der Waals surface area contributed by atoms with Crippen LogP contribution in [0.15, 0.2) is 4.42 Å². The van der Waals surface area contributed by atoms with Gasteiger partial charge in [-0.25, -0.2) is 4.79 Å². The van der Waals surface area contributed by atoms with Crippen molar-refractivity contribution in [3.63, 3.8) is 0 Å². The lowest BCUT2D eigenvalue weighted by Crippen LogP contribution is -2.38. The maximum Gasteiger partial charge on any atom is 0.408 e. The Morgan fingerprint density at radius 2 is 1.62 bits per heavy atom. The van der Waals surface area contributed by atoms with Gasteiger partial charge in [0.2, 0.25) is 17.7 Å². The van der Waals surface area contributed by atoms with Gasteiger partial charge in [-0.15, -0.1) is 10.2 Å². The molecule has 1 saturated carbocycles. The molecule has 1 aliphatic carbocycles. The molecular formula is C25H44N4O5. The van der Waals surface area contributed by atoms with E-state index in [1.54, 1.807) is 0 Å². The van der Waals surface area contributed by atoms with E-state index in [1.807, 2.05) is 55.4 Å². The van der Waals surface area contributed by atoms with Crippen LogP contribution in [0, 0.1) is 11.8 Å². The van der Waals surface area contributed by atoms with Gasteiger partial charge in [0.05, 0.1) is 12.2 Å². The molecule has 0 saturated heterocycles. The zero-order valence-corrected chi connectivity index (χ0v) is 22.2. The molecule has 9 nitrogen and oxygen atoms in total. The minimum atomic E-state index is -0.622. The van der Waals surface area contributed by atoms with Crippen molar-refractivity contribution in [1.82, 2.24) is 20.8 Å². The normalized spacial score (nSPS) is 18.1. The van der Waals surface area contributed by atoms with E-state index in [9.17, 15) is 9.59 Å². The fourth-order valence-electron chi connectivity index (χ4n) is 3.79. The van der Waals surface area contributed by atoms with Crippen molar-refractivity contribution >= 4 is 12.0 Å². The van der Waals surface area contributed by atoms with Crippen molar-refractivity contribution in [3.05, 3.63) is 11.8 Å². The van der Waals surface area contributed by atoms with E-state index in [4.69, 9.17) is 13.9 Å². The van der Waals surface area contributed by atoms with E-state index in [1.165, 1.54) is 6.42 Å². The zero-order chi connectivity index (χ0) is 25.5. The molecule has 9 heteroatoms. The van der Waals surface area contributed by atoms with Crippen LogP contribution < -0.4 is 10.6 Å². The van der Waals surface area contributed by atoms with Crippen LogP contribution in [0.25, 0.3) is 0 Å². The Hall–Kier alpha value is -2.16. The quantitative estimate of drug-likeness (QED) is 0.497. The summed E-state index contributed by atoms with van der Waals surface area (Å²) < 4.78 is 17.4. The van der Waals surface area contributed by atoms with Crippen molar-refractivity contribution in [2.75, 3.05) is 6.61 Å². The van der Waals surface area contributed by atoms with Gasteiger partial charge in [0.1, 0.15) is 17.7 Å². The summed E-state index contributed by atoms with van der Waals surface area (Å²) >= 11 is 0. The number of hydrogen-bond donors (Lipinski definition) is 2. The van der Waals surface area contributed by atoms with Gasteiger partial charge >= 0.3 is 6.09 Å². The number of nitrogens with zero attached hydrogens (tertiary/aromatic N) is 2. The molecule has 0 radical (unpaired) electrons. The molecule has 0 unspecified atom stereocenters. The molecule has 1 aliphatic rings. The maximum atomic E-state index is 12.9. The second-order valence-corrected chi connectivity index (χ2v) is 11.3. The molecule has 2 N–H and O–H groups in total. The van der Waals surface area contributed by atoms with Crippen LogP contribution in [0.3, 0.4) is 0 Å². The lowest BCUT2D eigenvalue weighted by atomic mass is 9.88. The summed E-state index contributed by atoms with van der Waals surface area (Å²) in [5.74, 6) is 0.565. The third kappa shape index (κ3) is 9.24. The molecule has 34 heavy (non-hydrogen) atoms. The summed E-state index contributed by atoms with van der Waals surface area (Å²) in [5.41, 5.74) is -1.02. The summed E-state index contributed by atoms with van der Waals surface area (Å²) in [7, 11) is 0. The smallest absolute Gasteiger partial charge is 0.408 e. The number of hydrogen-bond acceptors (Lipinski definition) is 7. The zero-order valence-electron chi connectivity index (χ0n) is 22.2. The molecule has 3 atom stereocenters. The number of aromatic nitrogens is 2. The second-order valence-electron chi connectivity index (χ2n) is 11.3. The number of carbonyl (C=O) groups is 2. The molecule has 194 valence electrons. The van der Waals surface area contributed by atoms with Crippen LogP contribution in [-0.2, 0) is 14.3 Å². The number of amides is 2. The number of rotatable bonds is 9. The lowest BCUT2D eigenvalue weighted by molar-refractivity contribution is -0.128. The highest BCUT2D eigenvalue weighted by Gasteiger charge is 2.32. The molecule has 1 aromatic heterocycles. The van der Waals surface area contributed by atoms with Crippen molar-refractivity contribution in [2.24, 2.45) is 11.8 Å². The molecular weight excluding hydrogens is 436 g/mol. The Morgan fingerprint density at radius 1 is 1.00 bits per heavy atom. The number of carbonyl (C=O) groups excluding carboxylic acids is 2. The van der Waals surface area contributed by atoms with Crippen LogP contribution in [0.4, 0.5) is 4.79 Å². The van der Waals surface area contributed by atoms with Gasteiger partial charge in [0.15, 0.2) is 0 Å². The molecule has 0 bridgehead atoms. The summed E-state index contributed by atoms with van der Waals surface area (Å²) in [6.45, 7) is 15.5. The van der Waals surface area contributed by atoms with Gasteiger partial charge in [-0.05, 0) is 60.3 Å². The highest BCUT2D eigenvalue weighted by molar-refractivity contribution is 5.79. The highest BCUT2D eigenvalue weighted by Crippen LogP contribution is 2.28. The first-order valence-electron chi connectivity index (χ1n) is 12.6. The first kappa shape index (κ1) is 28.1. The number of ether oxygens (including phenoxy) is 2. The molecule has 2 amide bonds. The summed E-state index contributed by atoms with van der Waals surface area (Å²) in [5, 5.41) is 14.4. The van der Waals surface area contributed by atoms with Crippen LogP contribution in [-0.4, -0.2) is 40.0 Å². The molecule has 1 aromatic rings. The van der Waals surface area contributed by atoms with Crippen molar-refractivity contribution < 1.29 is 23.5 Å². The van der Waals surface area contributed by atoms with E-state index in [0.29, 0.717) is 0 Å². The predicted molar refractivity (Wildman–Crippen MR) is 129 cm³/mol. The average Bonchev–Trinajstić information content (AvgIpc) is 3.22. The summed E-state index contributed by atoms with van der Waals surface area (Å²) in [4.78, 5) is 25.4. The SMILES string of the molecule is CC[C@H](C)[C@H](NC(=O)OC(C)(C)C)c1nnc([C@H](COC(C)(C)C)NC(=O)C2CCCCC2)o1. The van der Waals surface area contributed by atoms with Gasteiger partial charge < -0.3 is 24.5 Å². The van der Waals surface area contributed by atoms with Crippen molar-refractivity contribution in [2.45, 2.75) is 117 Å². The van der Waals surface area contributed by atoms with Gasteiger partial charge in [-0.1, -0.05) is 39.5 Å². The van der Waals surface area contributed by atoms with Crippen LogP contribution in [0.1, 0.15) is 118 Å². The number of nitrogens with one attached hydrogen (secondary N) is 2. The molecule has 0 aromatic carbocycles. The molecule has 0 aliphatic heterocycles. The minimum absolute atomic E-state index is 0.00465. The largest absolute Gasteiger partial charge is 0.444 e. The summed E-state index contributed by atoms with van der Waals surface area (Å²) in [6.07, 6.45) is 5.34.